The minimum absolute atomic E-state index is 0.229. The van der Waals surface area contributed by atoms with Crippen molar-refractivity contribution >= 4 is 44.2 Å². The number of para-hydroxylation sites is 1. The third-order valence-corrected chi connectivity index (χ3v) is 6.12. The van der Waals surface area contributed by atoms with E-state index in [9.17, 15) is 5.11 Å². The van der Waals surface area contributed by atoms with Crippen LogP contribution in [0.25, 0.3) is 31.6 Å². The van der Waals surface area contributed by atoms with Crippen LogP contribution in [0.4, 0.5) is 5.69 Å². The van der Waals surface area contributed by atoms with Gasteiger partial charge in [0.25, 0.3) is 0 Å². The van der Waals surface area contributed by atoms with E-state index in [4.69, 9.17) is 9.98 Å². The summed E-state index contributed by atoms with van der Waals surface area (Å²) in [7, 11) is 0. The summed E-state index contributed by atoms with van der Waals surface area (Å²) < 4.78 is 1.17. The molecule has 0 aliphatic rings. The normalized spacial score (nSPS) is 11.6. The molecule has 4 heteroatoms. The lowest BCUT2D eigenvalue weighted by Gasteiger charge is -2.06. The highest BCUT2D eigenvalue weighted by atomic mass is 32.1. The van der Waals surface area contributed by atoms with E-state index in [0.717, 1.165) is 43.7 Å². The van der Waals surface area contributed by atoms with Crippen molar-refractivity contribution in [3.05, 3.63) is 90.0 Å². The number of rotatable bonds is 3. The van der Waals surface area contributed by atoms with Crippen molar-refractivity contribution in [2.45, 2.75) is 6.92 Å². The standard InChI is InChI=1S/C25H18N2OS/c1-16-10-11-18(25-27-21-8-4-5-9-24(21)29-25)14-22(16)26-15-20-19-7-3-2-6-17(19)12-13-23(20)28/h2-15,28H,1H3. The van der Waals surface area contributed by atoms with E-state index in [1.54, 1.807) is 23.6 Å². The lowest BCUT2D eigenvalue weighted by molar-refractivity contribution is 0.475. The molecule has 1 N–H and O–H groups in total. The van der Waals surface area contributed by atoms with E-state index in [2.05, 4.69) is 24.3 Å². The lowest BCUT2D eigenvalue weighted by atomic mass is 10.0. The van der Waals surface area contributed by atoms with Gasteiger partial charge in [-0.2, -0.15) is 0 Å². The second kappa shape index (κ2) is 7.15. The number of aryl methyl sites for hydroxylation is 1. The Bertz CT molecular complexity index is 1350. The summed E-state index contributed by atoms with van der Waals surface area (Å²) in [5, 5.41) is 13.4. The summed E-state index contributed by atoms with van der Waals surface area (Å²) in [5.41, 5.74) is 4.73. The van der Waals surface area contributed by atoms with Gasteiger partial charge in [0.15, 0.2) is 0 Å². The molecule has 0 aliphatic carbocycles. The average Bonchev–Trinajstić information content (AvgIpc) is 3.18. The predicted octanol–water partition coefficient (Wildman–Crippen LogP) is 6.88. The predicted molar refractivity (Wildman–Crippen MR) is 123 cm³/mol. The van der Waals surface area contributed by atoms with Crippen LogP contribution in [-0.2, 0) is 0 Å². The molecule has 29 heavy (non-hydrogen) atoms. The van der Waals surface area contributed by atoms with Crippen molar-refractivity contribution in [3.63, 3.8) is 0 Å². The van der Waals surface area contributed by atoms with E-state index in [0.29, 0.717) is 0 Å². The summed E-state index contributed by atoms with van der Waals surface area (Å²) in [6.45, 7) is 2.04. The maximum atomic E-state index is 10.4. The van der Waals surface area contributed by atoms with Gasteiger partial charge in [-0.05, 0) is 47.5 Å². The Hall–Kier alpha value is -3.50. The molecule has 0 bridgehead atoms. The Morgan fingerprint density at radius 3 is 2.66 bits per heavy atom. The Kier molecular flexibility index (Phi) is 4.34. The summed E-state index contributed by atoms with van der Waals surface area (Å²) in [4.78, 5) is 9.47. The van der Waals surface area contributed by atoms with Crippen molar-refractivity contribution in [1.29, 1.82) is 0 Å². The number of aromatic hydroxyl groups is 1. The zero-order valence-electron chi connectivity index (χ0n) is 15.8. The van der Waals surface area contributed by atoms with E-state index >= 15 is 0 Å². The highest BCUT2D eigenvalue weighted by Crippen LogP contribution is 2.33. The molecular formula is C25H18N2OS. The van der Waals surface area contributed by atoms with Crippen molar-refractivity contribution in [2.75, 3.05) is 0 Å². The molecule has 5 aromatic rings. The summed E-state index contributed by atoms with van der Waals surface area (Å²) in [6, 6.07) is 26.0. The van der Waals surface area contributed by atoms with Crippen LogP contribution in [0.15, 0.2) is 83.9 Å². The van der Waals surface area contributed by atoms with E-state index in [1.165, 1.54) is 4.70 Å². The van der Waals surface area contributed by atoms with E-state index in [1.807, 2.05) is 55.5 Å². The molecule has 0 amide bonds. The summed E-state index contributed by atoms with van der Waals surface area (Å²) >= 11 is 1.68. The molecule has 0 aliphatic heterocycles. The number of thiazole rings is 1. The molecule has 0 radical (unpaired) electrons. The molecule has 0 spiro atoms. The summed E-state index contributed by atoms with van der Waals surface area (Å²) in [6.07, 6.45) is 1.75. The molecule has 0 unspecified atom stereocenters. The first-order valence-electron chi connectivity index (χ1n) is 9.40. The molecule has 4 aromatic carbocycles. The smallest absolute Gasteiger partial charge is 0.124 e. The fraction of sp³-hybridized carbons (Fsp3) is 0.0400. The van der Waals surface area contributed by atoms with Gasteiger partial charge >= 0.3 is 0 Å². The van der Waals surface area contributed by atoms with Crippen LogP contribution in [0.1, 0.15) is 11.1 Å². The Balaban J connectivity index is 1.57. The molecule has 1 aromatic heterocycles. The maximum absolute atomic E-state index is 10.4. The van der Waals surface area contributed by atoms with Crippen LogP contribution in [0.2, 0.25) is 0 Å². The van der Waals surface area contributed by atoms with Gasteiger partial charge in [0.1, 0.15) is 10.8 Å². The number of nitrogens with zero attached hydrogens (tertiary/aromatic N) is 2. The fourth-order valence-electron chi connectivity index (χ4n) is 3.43. The largest absolute Gasteiger partial charge is 0.507 e. The van der Waals surface area contributed by atoms with Gasteiger partial charge in [-0.1, -0.05) is 54.6 Å². The number of benzene rings is 4. The van der Waals surface area contributed by atoms with Crippen LogP contribution in [0.5, 0.6) is 5.75 Å². The zero-order chi connectivity index (χ0) is 19.8. The van der Waals surface area contributed by atoms with Crippen LogP contribution in [0.3, 0.4) is 0 Å². The number of hydrogen-bond acceptors (Lipinski definition) is 4. The minimum Gasteiger partial charge on any atom is -0.507 e. The number of phenolic OH excluding ortho intramolecular Hbond substituents is 1. The van der Waals surface area contributed by atoms with E-state index < -0.39 is 0 Å². The van der Waals surface area contributed by atoms with Gasteiger partial charge in [-0.25, -0.2) is 4.98 Å². The number of aliphatic imine (C=N–C) groups is 1. The van der Waals surface area contributed by atoms with Crippen LogP contribution in [-0.4, -0.2) is 16.3 Å². The molecule has 3 nitrogen and oxygen atoms in total. The van der Waals surface area contributed by atoms with Gasteiger partial charge in [0.05, 0.1) is 15.9 Å². The fourth-order valence-corrected chi connectivity index (χ4v) is 4.39. The number of phenols is 1. The molecule has 5 rings (SSSR count). The molecule has 0 saturated heterocycles. The SMILES string of the molecule is Cc1ccc(-c2nc3ccccc3s2)cc1N=Cc1c(O)ccc2ccccc12. The highest BCUT2D eigenvalue weighted by molar-refractivity contribution is 7.21. The second-order valence-electron chi connectivity index (χ2n) is 6.97. The van der Waals surface area contributed by atoms with Gasteiger partial charge in [0.2, 0.25) is 0 Å². The molecule has 0 fully saturated rings. The topological polar surface area (TPSA) is 45.5 Å². The first kappa shape index (κ1) is 17.6. The van der Waals surface area contributed by atoms with Crippen LogP contribution in [0, 0.1) is 6.92 Å². The van der Waals surface area contributed by atoms with E-state index in [-0.39, 0.29) is 5.75 Å². The Morgan fingerprint density at radius 1 is 0.931 bits per heavy atom. The maximum Gasteiger partial charge on any atom is 0.124 e. The van der Waals surface area contributed by atoms with Crippen LogP contribution >= 0.6 is 11.3 Å². The first-order chi connectivity index (χ1) is 14.2. The number of hydrogen-bond donors (Lipinski definition) is 1. The number of fused-ring (bicyclic) bond motifs is 2. The molecular weight excluding hydrogens is 376 g/mol. The van der Waals surface area contributed by atoms with Crippen molar-refractivity contribution in [2.24, 2.45) is 4.99 Å². The van der Waals surface area contributed by atoms with Gasteiger partial charge < -0.3 is 5.11 Å². The summed E-state index contributed by atoms with van der Waals surface area (Å²) in [5.74, 6) is 0.229. The second-order valence-corrected chi connectivity index (χ2v) is 8.00. The molecule has 1 heterocycles. The van der Waals surface area contributed by atoms with Crippen LogP contribution < -0.4 is 0 Å². The third kappa shape index (κ3) is 3.28. The first-order valence-corrected chi connectivity index (χ1v) is 10.2. The minimum atomic E-state index is 0.229. The monoisotopic (exact) mass is 394 g/mol. The van der Waals surface area contributed by atoms with Crippen molar-refractivity contribution < 1.29 is 5.11 Å². The molecule has 0 saturated carbocycles. The van der Waals surface area contributed by atoms with Gasteiger partial charge in [0, 0.05) is 17.3 Å². The van der Waals surface area contributed by atoms with Crippen molar-refractivity contribution in [3.8, 4) is 16.3 Å². The number of aromatic nitrogens is 1. The van der Waals surface area contributed by atoms with Gasteiger partial charge in [-0.15, -0.1) is 11.3 Å². The highest BCUT2D eigenvalue weighted by Gasteiger charge is 2.09. The molecule has 140 valence electrons. The average molecular weight is 394 g/mol. The van der Waals surface area contributed by atoms with Gasteiger partial charge in [-0.3, -0.25) is 4.99 Å². The Labute approximate surface area is 172 Å². The quantitative estimate of drug-likeness (QED) is 0.339. The zero-order valence-corrected chi connectivity index (χ0v) is 16.6. The molecule has 0 atom stereocenters. The van der Waals surface area contributed by atoms with Crippen molar-refractivity contribution in [1.82, 2.24) is 4.98 Å². The lowest BCUT2D eigenvalue weighted by Crippen LogP contribution is -1.87. The Morgan fingerprint density at radius 2 is 1.76 bits per heavy atom. The third-order valence-electron chi connectivity index (χ3n) is 5.03.